The van der Waals surface area contributed by atoms with Crippen LogP contribution in [0, 0.1) is 13.8 Å². The van der Waals surface area contributed by atoms with Crippen molar-refractivity contribution in [3.05, 3.63) is 28.8 Å². The van der Waals surface area contributed by atoms with Gasteiger partial charge in [0.2, 0.25) is 5.91 Å². The van der Waals surface area contributed by atoms with Gasteiger partial charge in [0.25, 0.3) is 0 Å². The number of carbonyl (C=O) groups excluding carboxylic acids is 1. The summed E-state index contributed by atoms with van der Waals surface area (Å²) in [6.07, 6.45) is 1.57. The molecule has 0 radical (unpaired) electrons. The normalized spacial score (nSPS) is 10.4. The van der Waals surface area contributed by atoms with Crippen LogP contribution in [0.3, 0.4) is 0 Å². The highest BCUT2D eigenvalue weighted by Crippen LogP contribution is 2.19. The average Bonchev–Trinajstić information content (AvgIpc) is 2.23. The number of hydrogen-bond acceptors (Lipinski definition) is 3. The van der Waals surface area contributed by atoms with Gasteiger partial charge in [0.05, 0.1) is 6.21 Å². The third-order valence-corrected chi connectivity index (χ3v) is 2.45. The first-order valence-corrected chi connectivity index (χ1v) is 5.78. The SMILES string of the molecule is CC(=O)Nc1cc(C)c(C)cc1C=NNC(N)=S. The van der Waals surface area contributed by atoms with Crippen LogP contribution in [0.1, 0.15) is 23.6 Å². The number of nitrogens with two attached hydrogens (primary N) is 1. The largest absolute Gasteiger partial charge is 0.375 e. The minimum atomic E-state index is -0.129. The van der Waals surface area contributed by atoms with Crippen molar-refractivity contribution in [3.8, 4) is 0 Å². The van der Waals surface area contributed by atoms with Crippen molar-refractivity contribution in [3.63, 3.8) is 0 Å². The fourth-order valence-electron chi connectivity index (χ4n) is 1.41. The van der Waals surface area contributed by atoms with E-state index in [0.29, 0.717) is 5.69 Å². The number of anilines is 1. The lowest BCUT2D eigenvalue weighted by Gasteiger charge is -2.10. The number of thiocarbonyl (C=S) groups is 1. The van der Waals surface area contributed by atoms with E-state index in [2.05, 4.69) is 28.1 Å². The van der Waals surface area contributed by atoms with E-state index in [4.69, 9.17) is 5.73 Å². The number of rotatable bonds is 3. The van der Waals surface area contributed by atoms with Gasteiger partial charge in [-0.3, -0.25) is 10.2 Å². The Labute approximate surface area is 111 Å². The quantitative estimate of drug-likeness (QED) is 0.438. The Morgan fingerprint density at radius 3 is 2.56 bits per heavy atom. The zero-order valence-electron chi connectivity index (χ0n) is 10.6. The van der Waals surface area contributed by atoms with Gasteiger partial charge in [0.1, 0.15) is 0 Å². The molecule has 0 unspecified atom stereocenters. The molecule has 0 aromatic heterocycles. The Morgan fingerprint density at radius 1 is 1.39 bits per heavy atom. The number of carbonyl (C=O) groups is 1. The van der Waals surface area contributed by atoms with Crippen molar-refractivity contribution in [1.82, 2.24) is 5.43 Å². The van der Waals surface area contributed by atoms with Gasteiger partial charge in [-0.15, -0.1) is 0 Å². The van der Waals surface area contributed by atoms with E-state index in [1.807, 2.05) is 26.0 Å². The lowest BCUT2D eigenvalue weighted by atomic mass is 10.0. The van der Waals surface area contributed by atoms with Crippen LogP contribution >= 0.6 is 12.2 Å². The highest BCUT2D eigenvalue weighted by Gasteiger charge is 2.05. The molecule has 0 atom stereocenters. The first kappa shape index (κ1) is 14.1. The first-order chi connectivity index (χ1) is 8.40. The molecule has 4 N–H and O–H groups in total. The molecule has 0 bridgehead atoms. The molecular weight excluding hydrogens is 248 g/mol. The highest BCUT2D eigenvalue weighted by atomic mass is 32.1. The van der Waals surface area contributed by atoms with Crippen molar-refractivity contribution < 1.29 is 4.79 Å². The molecule has 0 aliphatic heterocycles. The summed E-state index contributed by atoms with van der Waals surface area (Å²) in [5.74, 6) is -0.129. The molecule has 18 heavy (non-hydrogen) atoms. The maximum Gasteiger partial charge on any atom is 0.221 e. The first-order valence-electron chi connectivity index (χ1n) is 5.37. The van der Waals surface area contributed by atoms with Crippen molar-refractivity contribution in [2.45, 2.75) is 20.8 Å². The van der Waals surface area contributed by atoms with Crippen molar-refractivity contribution in [2.24, 2.45) is 10.8 Å². The molecular formula is C12H16N4OS. The van der Waals surface area contributed by atoms with E-state index < -0.39 is 0 Å². The fourth-order valence-corrected chi connectivity index (χ4v) is 1.46. The Morgan fingerprint density at radius 2 is 2.00 bits per heavy atom. The van der Waals surface area contributed by atoms with Crippen LogP contribution in [0.2, 0.25) is 0 Å². The minimum Gasteiger partial charge on any atom is -0.375 e. The van der Waals surface area contributed by atoms with Crippen LogP contribution in [0.25, 0.3) is 0 Å². The van der Waals surface area contributed by atoms with E-state index >= 15 is 0 Å². The monoisotopic (exact) mass is 264 g/mol. The average molecular weight is 264 g/mol. The number of nitrogens with zero attached hydrogens (tertiary/aromatic N) is 1. The van der Waals surface area contributed by atoms with Crippen LogP contribution < -0.4 is 16.5 Å². The third kappa shape index (κ3) is 4.14. The molecule has 1 aromatic rings. The topological polar surface area (TPSA) is 79.5 Å². The Balaban J connectivity index is 3.06. The summed E-state index contributed by atoms with van der Waals surface area (Å²) in [5.41, 5.74) is 11.4. The number of amides is 1. The summed E-state index contributed by atoms with van der Waals surface area (Å²) in [4.78, 5) is 11.1. The van der Waals surface area contributed by atoms with Crippen molar-refractivity contribution in [1.29, 1.82) is 0 Å². The van der Waals surface area contributed by atoms with Crippen LogP contribution in [0.15, 0.2) is 17.2 Å². The summed E-state index contributed by atoms with van der Waals surface area (Å²) in [5, 5.41) is 6.74. The second kappa shape index (κ2) is 6.11. The molecule has 96 valence electrons. The predicted octanol–water partition coefficient (Wildman–Crippen LogP) is 1.43. The van der Waals surface area contributed by atoms with Crippen molar-refractivity contribution >= 4 is 35.1 Å². The van der Waals surface area contributed by atoms with E-state index in [-0.39, 0.29) is 11.0 Å². The van der Waals surface area contributed by atoms with Gasteiger partial charge in [-0.05, 0) is 49.3 Å². The fraction of sp³-hybridized carbons (Fsp3) is 0.250. The highest BCUT2D eigenvalue weighted by molar-refractivity contribution is 7.80. The van der Waals surface area contributed by atoms with E-state index in [0.717, 1.165) is 16.7 Å². The number of hydrazone groups is 1. The number of nitrogens with one attached hydrogen (secondary N) is 2. The molecule has 1 aromatic carbocycles. The molecule has 0 aliphatic carbocycles. The van der Waals surface area contributed by atoms with E-state index in [9.17, 15) is 4.79 Å². The second-order valence-electron chi connectivity index (χ2n) is 3.94. The molecule has 0 saturated heterocycles. The molecule has 0 aliphatic rings. The summed E-state index contributed by atoms with van der Waals surface area (Å²) in [6, 6.07) is 3.84. The molecule has 1 amide bonds. The number of hydrogen-bond donors (Lipinski definition) is 3. The number of benzene rings is 1. The van der Waals surface area contributed by atoms with Gasteiger partial charge < -0.3 is 11.1 Å². The van der Waals surface area contributed by atoms with Gasteiger partial charge in [-0.25, -0.2) is 0 Å². The summed E-state index contributed by atoms with van der Waals surface area (Å²) < 4.78 is 0. The smallest absolute Gasteiger partial charge is 0.221 e. The third-order valence-electron chi connectivity index (χ3n) is 2.35. The van der Waals surface area contributed by atoms with E-state index in [1.165, 1.54) is 6.92 Å². The summed E-state index contributed by atoms with van der Waals surface area (Å²) in [6.45, 7) is 5.43. The molecule has 0 saturated carbocycles. The van der Waals surface area contributed by atoms with Crippen LogP contribution in [-0.4, -0.2) is 17.2 Å². The van der Waals surface area contributed by atoms with Crippen molar-refractivity contribution in [2.75, 3.05) is 5.32 Å². The van der Waals surface area contributed by atoms with Crippen LogP contribution in [-0.2, 0) is 4.79 Å². The Hall–Kier alpha value is -1.95. The van der Waals surface area contributed by atoms with E-state index in [1.54, 1.807) is 6.21 Å². The van der Waals surface area contributed by atoms with Gasteiger partial charge in [0.15, 0.2) is 5.11 Å². The summed E-state index contributed by atoms with van der Waals surface area (Å²) in [7, 11) is 0. The molecule has 0 spiro atoms. The summed E-state index contributed by atoms with van der Waals surface area (Å²) >= 11 is 4.64. The number of aryl methyl sites for hydroxylation is 2. The minimum absolute atomic E-state index is 0.0937. The zero-order valence-corrected chi connectivity index (χ0v) is 11.4. The lowest BCUT2D eigenvalue weighted by molar-refractivity contribution is -0.114. The van der Waals surface area contributed by atoms with Crippen LogP contribution in [0.5, 0.6) is 0 Å². The maximum atomic E-state index is 11.1. The molecule has 0 heterocycles. The predicted molar refractivity (Wildman–Crippen MR) is 77.7 cm³/mol. The zero-order chi connectivity index (χ0) is 13.7. The molecule has 0 fully saturated rings. The molecule has 5 nitrogen and oxygen atoms in total. The Kier molecular flexibility index (Phi) is 4.79. The second-order valence-corrected chi connectivity index (χ2v) is 4.38. The standard InChI is InChI=1S/C12H16N4OS/c1-7-4-10(6-14-16-12(13)18)11(5-8(7)2)15-9(3)17/h4-6H,1-3H3,(H,15,17)(H3,13,16,18). The van der Waals surface area contributed by atoms with Gasteiger partial charge in [0, 0.05) is 18.2 Å². The maximum absolute atomic E-state index is 11.1. The van der Waals surface area contributed by atoms with Gasteiger partial charge in [-0.2, -0.15) is 5.10 Å². The van der Waals surface area contributed by atoms with Gasteiger partial charge in [-0.1, -0.05) is 0 Å². The van der Waals surface area contributed by atoms with Crippen LogP contribution in [0.4, 0.5) is 5.69 Å². The lowest BCUT2D eigenvalue weighted by Crippen LogP contribution is -2.24. The van der Waals surface area contributed by atoms with Gasteiger partial charge >= 0.3 is 0 Å². The Bertz CT molecular complexity index is 511. The molecule has 1 rings (SSSR count). The molecule has 6 heteroatoms.